The predicted octanol–water partition coefficient (Wildman–Crippen LogP) is 5.52. The molecule has 4 aromatic heterocycles. The van der Waals surface area contributed by atoms with E-state index in [1.165, 1.54) is 0 Å². The lowest BCUT2D eigenvalue weighted by atomic mass is 10.0. The summed E-state index contributed by atoms with van der Waals surface area (Å²) in [6, 6.07) is 23.6. The molecule has 9 heteroatoms. The minimum absolute atomic E-state index is 0.301. The van der Waals surface area contributed by atoms with Gasteiger partial charge in [0.1, 0.15) is 16.9 Å². The van der Waals surface area contributed by atoms with E-state index >= 15 is 0 Å². The molecule has 0 saturated carbocycles. The number of nitrogens with zero attached hydrogens (tertiary/aromatic N) is 4. The number of morpholine rings is 1. The Morgan fingerprint density at radius 2 is 1.79 bits per heavy atom. The summed E-state index contributed by atoms with van der Waals surface area (Å²) >= 11 is 0. The highest BCUT2D eigenvalue weighted by atomic mass is 16.5. The Bertz CT molecular complexity index is 1800. The average molecular weight is 517 g/mol. The van der Waals surface area contributed by atoms with Gasteiger partial charge in [-0.1, -0.05) is 36.4 Å². The standard InChI is InChI=1S/C30H24N6O3/c37-29(25-8-4-7-24(34-25)21-15-20-9-10-31-28(20)32-18-21)33-22-16-23(19-5-2-1-3-6-19)27-26(17-22)39-30(35-27)36-11-13-38-14-12-36/h1-10,15-18H,11-14H2,(H,31,32)(H,33,37). The van der Waals surface area contributed by atoms with E-state index in [0.29, 0.717) is 55.0 Å². The number of aromatic amines is 1. The molecule has 0 radical (unpaired) electrons. The van der Waals surface area contributed by atoms with E-state index in [4.69, 9.17) is 14.1 Å². The lowest BCUT2D eigenvalue weighted by Crippen LogP contribution is -2.36. The van der Waals surface area contributed by atoms with Gasteiger partial charge in [0.15, 0.2) is 5.58 Å². The van der Waals surface area contributed by atoms with Crippen molar-refractivity contribution in [1.82, 2.24) is 19.9 Å². The molecule has 5 heterocycles. The molecule has 7 rings (SSSR count). The molecule has 0 aliphatic carbocycles. The zero-order valence-corrected chi connectivity index (χ0v) is 20.9. The summed E-state index contributed by atoms with van der Waals surface area (Å²) in [6.45, 7) is 2.69. The van der Waals surface area contributed by atoms with Crippen molar-refractivity contribution in [3.63, 3.8) is 0 Å². The summed E-state index contributed by atoms with van der Waals surface area (Å²) in [4.78, 5) is 32.4. The van der Waals surface area contributed by atoms with Gasteiger partial charge >= 0.3 is 0 Å². The molecule has 2 aromatic carbocycles. The highest BCUT2D eigenvalue weighted by molar-refractivity contribution is 6.05. The largest absolute Gasteiger partial charge is 0.423 e. The highest BCUT2D eigenvalue weighted by Gasteiger charge is 2.20. The number of carbonyl (C=O) groups excluding carboxylic acids is 1. The third-order valence-corrected chi connectivity index (χ3v) is 6.79. The van der Waals surface area contributed by atoms with Crippen LogP contribution < -0.4 is 10.2 Å². The number of anilines is 2. The number of hydrogen-bond acceptors (Lipinski definition) is 7. The van der Waals surface area contributed by atoms with Crippen LogP contribution in [0.1, 0.15) is 10.5 Å². The van der Waals surface area contributed by atoms with Gasteiger partial charge in [-0.2, -0.15) is 4.98 Å². The second-order valence-electron chi connectivity index (χ2n) is 9.33. The Labute approximate surface area is 223 Å². The van der Waals surface area contributed by atoms with Gasteiger partial charge in [-0.3, -0.25) is 4.79 Å². The summed E-state index contributed by atoms with van der Waals surface area (Å²) in [6.07, 6.45) is 3.59. The molecule has 39 heavy (non-hydrogen) atoms. The molecule has 1 aliphatic rings. The van der Waals surface area contributed by atoms with E-state index in [2.05, 4.69) is 25.2 Å². The average Bonchev–Trinajstić information content (AvgIpc) is 3.65. The zero-order valence-electron chi connectivity index (χ0n) is 20.9. The number of nitrogens with one attached hydrogen (secondary N) is 2. The summed E-state index contributed by atoms with van der Waals surface area (Å²) in [5.41, 5.74) is 6.40. The maximum absolute atomic E-state index is 13.3. The first-order valence-electron chi connectivity index (χ1n) is 12.8. The van der Waals surface area contributed by atoms with E-state index < -0.39 is 0 Å². The predicted molar refractivity (Wildman–Crippen MR) is 150 cm³/mol. The van der Waals surface area contributed by atoms with Crippen LogP contribution in [0.2, 0.25) is 0 Å². The second-order valence-corrected chi connectivity index (χ2v) is 9.33. The van der Waals surface area contributed by atoms with Crippen LogP contribution in [0, 0.1) is 0 Å². The van der Waals surface area contributed by atoms with Gasteiger partial charge in [-0.25, -0.2) is 9.97 Å². The van der Waals surface area contributed by atoms with Crippen LogP contribution >= 0.6 is 0 Å². The third-order valence-electron chi connectivity index (χ3n) is 6.79. The molecular weight excluding hydrogens is 492 g/mol. The molecule has 1 amide bonds. The number of ether oxygens (including phenoxy) is 1. The zero-order chi connectivity index (χ0) is 26.2. The van der Waals surface area contributed by atoms with Gasteiger partial charge in [0.05, 0.1) is 18.9 Å². The lowest BCUT2D eigenvalue weighted by molar-refractivity contribution is 0.102. The number of fused-ring (bicyclic) bond motifs is 2. The smallest absolute Gasteiger partial charge is 0.298 e. The molecule has 1 fully saturated rings. The molecule has 1 saturated heterocycles. The molecule has 1 aliphatic heterocycles. The maximum Gasteiger partial charge on any atom is 0.298 e. The first-order valence-corrected chi connectivity index (χ1v) is 12.8. The molecule has 9 nitrogen and oxygen atoms in total. The Hall–Kier alpha value is -5.02. The molecular formula is C30H24N6O3. The SMILES string of the molecule is O=C(Nc1cc(-c2ccccc2)c2nc(N3CCOCC3)oc2c1)c1cccc(-c2cnc3[nH]ccc3c2)n1. The van der Waals surface area contributed by atoms with Crippen molar-refractivity contribution >= 4 is 39.7 Å². The number of H-pyrrole nitrogens is 1. The van der Waals surface area contributed by atoms with Crippen molar-refractivity contribution in [2.75, 3.05) is 36.5 Å². The minimum Gasteiger partial charge on any atom is -0.423 e. The first-order chi connectivity index (χ1) is 19.2. The Balaban J connectivity index is 1.23. The number of rotatable bonds is 5. The quantitative estimate of drug-likeness (QED) is 0.310. The van der Waals surface area contributed by atoms with E-state index in [9.17, 15) is 4.79 Å². The summed E-state index contributed by atoms with van der Waals surface area (Å²) in [7, 11) is 0. The van der Waals surface area contributed by atoms with Gasteiger partial charge in [0, 0.05) is 53.8 Å². The van der Waals surface area contributed by atoms with Crippen LogP contribution in [0.15, 0.2) is 89.6 Å². The molecule has 192 valence electrons. The van der Waals surface area contributed by atoms with Crippen LogP contribution in [0.4, 0.5) is 11.7 Å². The molecule has 0 spiro atoms. The van der Waals surface area contributed by atoms with Crippen molar-refractivity contribution in [1.29, 1.82) is 0 Å². The first kappa shape index (κ1) is 23.1. The molecule has 0 unspecified atom stereocenters. The van der Waals surface area contributed by atoms with Crippen LogP contribution in [0.25, 0.3) is 44.5 Å². The van der Waals surface area contributed by atoms with Gasteiger partial charge < -0.3 is 24.4 Å². The fourth-order valence-electron chi connectivity index (χ4n) is 4.81. The number of benzene rings is 2. The van der Waals surface area contributed by atoms with Gasteiger partial charge in [-0.15, -0.1) is 0 Å². The topological polar surface area (TPSA) is 109 Å². The Morgan fingerprint density at radius 3 is 2.67 bits per heavy atom. The van der Waals surface area contributed by atoms with E-state index in [1.807, 2.05) is 72.9 Å². The van der Waals surface area contributed by atoms with Gasteiger partial charge in [0.25, 0.3) is 11.9 Å². The number of aromatic nitrogens is 4. The summed E-state index contributed by atoms with van der Waals surface area (Å²) < 4.78 is 11.7. The minimum atomic E-state index is -0.321. The van der Waals surface area contributed by atoms with E-state index in [0.717, 1.165) is 33.2 Å². The fraction of sp³-hybridized carbons (Fsp3) is 0.133. The van der Waals surface area contributed by atoms with Crippen LogP contribution in [0.3, 0.4) is 0 Å². The monoisotopic (exact) mass is 516 g/mol. The van der Waals surface area contributed by atoms with Crippen LogP contribution in [-0.4, -0.2) is 52.1 Å². The van der Waals surface area contributed by atoms with E-state index in [1.54, 1.807) is 12.3 Å². The van der Waals surface area contributed by atoms with Gasteiger partial charge in [0.2, 0.25) is 0 Å². The molecule has 0 atom stereocenters. The summed E-state index contributed by atoms with van der Waals surface area (Å²) in [5, 5.41) is 3.99. The lowest BCUT2D eigenvalue weighted by Gasteiger charge is -2.24. The normalized spacial score (nSPS) is 13.7. The maximum atomic E-state index is 13.3. The van der Waals surface area contributed by atoms with E-state index in [-0.39, 0.29) is 5.91 Å². The van der Waals surface area contributed by atoms with Crippen molar-refractivity contribution in [2.45, 2.75) is 0 Å². The Kier molecular flexibility index (Phi) is 5.75. The van der Waals surface area contributed by atoms with Crippen molar-refractivity contribution in [3.05, 3.63) is 90.9 Å². The molecule has 2 N–H and O–H groups in total. The number of hydrogen-bond donors (Lipinski definition) is 2. The van der Waals surface area contributed by atoms with Gasteiger partial charge in [-0.05, 0) is 35.9 Å². The van der Waals surface area contributed by atoms with Crippen molar-refractivity contribution in [2.24, 2.45) is 0 Å². The van der Waals surface area contributed by atoms with Crippen LogP contribution in [0.5, 0.6) is 0 Å². The van der Waals surface area contributed by atoms with Crippen molar-refractivity contribution < 1.29 is 13.9 Å². The number of pyridine rings is 2. The molecule has 0 bridgehead atoms. The molecule has 6 aromatic rings. The van der Waals surface area contributed by atoms with Crippen LogP contribution in [-0.2, 0) is 4.74 Å². The van der Waals surface area contributed by atoms with Crippen molar-refractivity contribution in [3.8, 4) is 22.4 Å². The number of oxazole rings is 1. The number of carbonyl (C=O) groups is 1. The summed E-state index contributed by atoms with van der Waals surface area (Å²) in [5.74, 6) is -0.321. The fourth-order valence-corrected chi connectivity index (χ4v) is 4.81. The highest BCUT2D eigenvalue weighted by Crippen LogP contribution is 2.35. The number of amides is 1. The Morgan fingerprint density at radius 1 is 0.923 bits per heavy atom. The third kappa shape index (κ3) is 4.49. The second kappa shape index (κ2) is 9.70.